The van der Waals surface area contributed by atoms with Gasteiger partial charge in [-0.25, -0.2) is 19.6 Å². The molecule has 0 radical (unpaired) electrons. The van der Waals surface area contributed by atoms with E-state index >= 15 is 0 Å². The average molecular weight is 870 g/mol. The first kappa shape index (κ1) is 44.0. The Morgan fingerprint density at radius 3 is 1.77 bits per heavy atom. The van der Waals surface area contributed by atoms with Gasteiger partial charge in [0, 0.05) is 18.8 Å². The van der Waals surface area contributed by atoms with E-state index in [0.717, 1.165) is 62.9 Å². The molecule has 15 nitrogen and oxygen atoms in total. The molecule has 3 saturated heterocycles. The molecule has 3 aliphatic heterocycles. The average Bonchev–Trinajstić information content (AvgIpc) is 4.12. The molecule has 5 aromatic rings. The lowest BCUT2D eigenvalue weighted by molar-refractivity contribution is -0.135. The predicted molar refractivity (Wildman–Crippen MR) is 246 cm³/mol. The molecule has 336 valence electrons. The van der Waals surface area contributed by atoms with Gasteiger partial charge in [-0.15, -0.1) is 0 Å². The molecule has 2 aromatic heterocycles. The van der Waals surface area contributed by atoms with Gasteiger partial charge in [-0.3, -0.25) is 9.59 Å². The van der Waals surface area contributed by atoms with Gasteiger partial charge in [-0.05, 0) is 90.1 Å². The zero-order valence-electron chi connectivity index (χ0n) is 37.8. The second-order valence-electron chi connectivity index (χ2n) is 18.7. The van der Waals surface area contributed by atoms with Crippen molar-refractivity contribution in [3.63, 3.8) is 0 Å². The number of rotatable bonds is 10. The first-order valence-electron chi connectivity index (χ1n) is 22.0. The quantitative estimate of drug-likeness (QED) is 0.101. The van der Waals surface area contributed by atoms with E-state index in [2.05, 4.69) is 125 Å². The van der Waals surface area contributed by atoms with Crippen LogP contribution in [0.2, 0.25) is 0 Å². The number of anilines is 1. The number of methoxy groups -OCH3 is 2. The molecule has 3 fully saturated rings. The molecular weight excluding hydrogens is 811 g/mol. The third-order valence-electron chi connectivity index (χ3n) is 12.9. The van der Waals surface area contributed by atoms with E-state index in [1.165, 1.54) is 19.8 Å². The van der Waals surface area contributed by atoms with E-state index in [1.807, 2.05) is 13.8 Å². The summed E-state index contributed by atoms with van der Waals surface area (Å²) in [5, 5.41) is 5.22. The van der Waals surface area contributed by atoms with Gasteiger partial charge >= 0.3 is 12.2 Å². The van der Waals surface area contributed by atoms with E-state index < -0.39 is 18.2 Å². The molecule has 1 unspecified atom stereocenters. The number of carbonyl (C=O) groups is 4. The number of alkyl carbamates (subject to hydrolysis) is 2. The summed E-state index contributed by atoms with van der Waals surface area (Å²) in [6.07, 6.45) is 1.61. The summed E-state index contributed by atoms with van der Waals surface area (Å²) in [5.41, 5.74) is 9.83. The van der Waals surface area contributed by atoms with Crippen LogP contribution in [0.25, 0.3) is 22.1 Å². The number of aromatic amines is 2. The largest absolute Gasteiger partial charge is 0.453 e. The van der Waals surface area contributed by atoms with E-state index in [0.29, 0.717) is 37.6 Å². The van der Waals surface area contributed by atoms with Gasteiger partial charge in [-0.1, -0.05) is 83.2 Å². The molecule has 4 N–H and O–H groups in total. The minimum absolute atomic E-state index is 0.00308. The molecule has 4 amide bonds. The molecule has 8 rings (SSSR count). The molecule has 3 aromatic carbocycles. The van der Waals surface area contributed by atoms with Gasteiger partial charge in [0.2, 0.25) is 11.8 Å². The number of fused-ring (bicyclic) bond motifs is 2. The summed E-state index contributed by atoms with van der Waals surface area (Å²) in [4.78, 5) is 74.2. The minimum atomic E-state index is -0.761. The minimum Gasteiger partial charge on any atom is -0.453 e. The fourth-order valence-corrected chi connectivity index (χ4v) is 9.55. The lowest BCUT2D eigenvalue weighted by atomic mass is 9.87. The Balaban J connectivity index is 1.10. The van der Waals surface area contributed by atoms with Crippen molar-refractivity contribution in [2.24, 2.45) is 5.92 Å². The summed E-state index contributed by atoms with van der Waals surface area (Å²) < 4.78 is 9.48. The smallest absolute Gasteiger partial charge is 0.407 e. The Morgan fingerprint density at radius 1 is 0.750 bits per heavy atom. The number of H-pyrrole nitrogens is 2. The van der Waals surface area contributed by atoms with Crippen LogP contribution in [-0.4, -0.2) is 93.6 Å². The highest BCUT2D eigenvalue weighted by molar-refractivity contribution is 5.87. The van der Waals surface area contributed by atoms with Crippen LogP contribution in [-0.2, 0) is 24.5 Å². The van der Waals surface area contributed by atoms with Gasteiger partial charge in [-0.2, -0.15) is 0 Å². The van der Waals surface area contributed by atoms with Crippen LogP contribution >= 0.6 is 0 Å². The second kappa shape index (κ2) is 17.5. The lowest BCUT2D eigenvalue weighted by Gasteiger charge is -2.34. The standard InChI is InChI=1S/C49H59N9O6/c1-27(2)43(55-48(62)64-9)46(60)57-26-29(4)21-41(57)45-52-35-17-11-31(23-37(35)54-45)39-19-18-38(58(39)33-14-12-32(13-15-33)49(5,6)7)30-10-16-34-36(22-30)53-44(51-34)40-20-28(3)25-56(40)42(59)24-50-47(61)63-8/h10-17,22-23,27,38-41,43H,3-4,18-21,24-26H2,1-2,5-9H3,(H,50,61)(H,51,53)(H,52,54)(H,55,62)/t38-,39-,40+,41+,43?/m1/s1. The van der Waals surface area contributed by atoms with E-state index in [1.54, 1.807) is 9.80 Å². The Morgan fingerprint density at radius 2 is 1.27 bits per heavy atom. The fraction of sp³-hybridized carbons (Fsp3) is 0.429. The van der Waals surface area contributed by atoms with Crippen molar-refractivity contribution in [2.75, 3.05) is 38.8 Å². The number of nitrogens with one attached hydrogen (secondary N) is 4. The molecular formula is C49H59N9O6. The number of hydrogen-bond donors (Lipinski definition) is 4. The molecule has 64 heavy (non-hydrogen) atoms. The molecule has 0 bridgehead atoms. The zero-order chi connectivity index (χ0) is 45.6. The Hall–Kier alpha value is -6.64. The molecule has 0 aliphatic carbocycles. The number of imidazole rings is 2. The van der Waals surface area contributed by atoms with Crippen molar-refractivity contribution < 1.29 is 28.7 Å². The van der Waals surface area contributed by atoms with Crippen molar-refractivity contribution in [1.82, 2.24) is 40.4 Å². The number of amides is 4. The molecule has 5 heterocycles. The summed E-state index contributed by atoms with van der Waals surface area (Å²) in [7, 11) is 2.55. The normalized spacial score (nSPS) is 20.7. The SMILES string of the molecule is C=C1C[C@@H](c2nc3cc([C@H]4CC[C@H](c5ccc6[nH]c([C@@H]7CC(=C)CN7C(=O)C(NC(=O)OC)C(C)C)nc6c5)N4c4ccc(C(C)(C)C)cc4)ccc3[nH]2)N(C(=O)CNC(=O)OC)C1. The van der Waals surface area contributed by atoms with Crippen LogP contribution < -0.4 is 15.5 Å². The summed E-state index contributed by atoms with van der Waals surface area (Å²) in [5.74, 6) is 0.750. The van der Waals surface area contributed by atoms with Crippen LogP contribution in [0.1, 0.15) is 113 Å². The lowest BCUT2D eigenvalue weighted by Crippen LogP contribution is -2.51. The highest BCUT2D eigenvalue weighted by Crippen LogP contribution is 2.48. The number of carbonyl (C=O) groups excluding carboxylic acids is 4. The summed E-state index contributed by atoms with van der Waals surface area (Å²) in [6, 6.07) is 20.3. The van der Waals surface area contributed by atoms with Crippen LogP contribution in [0.3, 0.4) is 0 Å². The number of ether oxygens (including phenoxy) is 2. The van der Waals surface area contributed by atoms with Gasteiger partial charge in [0.15, 0.2) is 0 Å². The van der Waals surface area contributed by atoms with Crippen molar-refractivity contribution in [2.45, 2.75) is 95.9 Å². The Labute approximate surface area is 373 Å². The van der Waals surface area contributed by atoms with Crippen molar-refractivity contribution in [1.29, 1.82) is 0 Å². The van der Waals surface area contributed by atoms with Crippen LogP contribution in [0.4, 0.5) is 15.3 Å². The fourth-order valence-electron chi connectivity index (χ4n) is 9.55. The van der Waals surface area contributed by atoms with E-state index in [4.69, 9.17) is 14.7 Å². The molecule has 15 heteroatoms. The third-order valence-corrected chi connectivity index (χ3v) is 12.9. The zero-order valence-corrected chi connectivity index (χ0v) is 37.8. The summed E-state index contributed by atoms with van der Waals surface area (Å²) >= 11 is 0. The first-order valence-corrected chi connectivity index (χ1v) is 22.0. The van der Waals surface area contributed by atoms with Crippen molar-refractivity contribution in [3.05, 3.63) is 113 Å². The van der Waals surface area contributed by atoms with Gasteiger partial charge < -0.3 is 44.8 Å². The number of benzene rings is 3. The highest BCUT2D eigenvalue weighted by atomic mass is 16.5. The number of hydrogen-bond acceptors (Lipinski definition) is 9. The Kier molecular flexibility index (Phi) is 12.0. The number of aromatic nitrogens is 4. The van der Waals surface area contributed by atoms with Crippen LogP contribution in [0, 0.1) is 5.92 Å². The third kappa shape index (κ3) is 8.67. The maximum Gasteiger partial charge on any atom is 0.407 e. The van der Waals surface area contributed by atoms with Gasteiger partial charge in [0.1, 0.15) is 24.2 Å². The maximum atomic E-state index is 14.0. The monoisotopic (exact) mass is 869 g/mol. The number of likely N-dealkylation sites (tertiary alicyclic amines) is 2. The highest BCUT2D eigenvalue weighted by Gasteiger charge is 2.40. The van der Waals surface area contributed by atoms with Crippen LogP contribution in [0.5, 0.6) is 0 Å². The van der Waals surface area contributed by atoms with Crippen molar-refractivity contribution >= 4 is 51.8 Å². The van der Waals surface area contributed by atoms with E-state index in [9.17, 15) is 19.2 Å². The van der Waals surface area contributed by atoms with Gasteiger partial charge in [0.05, 0.1) is 60.5 Å². The predicted octanol–water partition coefficient (Wildman–Crippen LogP) is 8.22. The molecule has 0 saturated carbocycles. The maximum absolute atomic E-state index is 14.0. The Bertz CT molecular complexity index is 2620. The molecule has 3 aliphatic rings. The molecule has 0 spiro atoms. The first-order chi connectivity index (χ1) is 30.5. The number of nitrogens with zero attached hydrogens (tertiary/aromatic N) is 5. The second-order valence-corrected chi connectivity index (χ2v) is 18.7. The molecule has 5 atom stereocenters. The van der Waals surface area contributed by atoms with Crippen molar-refractivity contribution in [3.8, 4) is 0 Å². The summed E-state index contributed by atoms with van der Waals surface area (Å²) in [6.45, 7) is 19.4. The van der Waals surface area contributed by atoms with Gasteiger partial charge in [0.25, 0.3) is 0 Å². The van der Waals surface area contributed by atoms with E-state index in [-0.39, 0.29) is 53.9 Å². The van der Waals surface area contributed by atoms with Crippen LogP contribution in [0.15, 0.2) is 85.0 Å². The topological polar surface area (TPSA) is 178 Å².